The minimum absolute atomic E-state index is 0.137. The molecule has 3 aromatic rings. The van der Waals surface area contributed by atoms with Crippen LogP contribution in [0.15, 0.2) is 47.6 Å². The molecule has 0 spiro atoms. The first kappa shape index (κ1) is 29.2. The molecule has 0 bridgehead atoms. The number of nitrogens with zero attached hydrogens (tertiary/aromatic N) is 4. The number of nitrogens with one attached hydrogen (secondary N) is 1. The number of nitrogen functional groups attached to an aromatic ring is 1. The van der Waals surface area contributed by atoms with Crippen LogP contribution in [-0.4, -0.2) is 61.2 Å². The second-order valence-corrected chi connectivity index (χ2v) is 12.2. The molecule has 11 nitrogen and oxygen atoms in total. The fourth-order valence-corrected chi connectivity index (χ4v) is 6.06. The third-order valence-electron chi connectivity index (χ3n) is 6.76. The van der Waals surface area contributed by atoms with Crippen molar-refractivity contribution in [2.75, 3.05) is 37.0 Å². The summed E-state index contributed by atoms with van der Waals surface area (Å²) in [7, 11) is -4.27. The first-order chi connectivity index (χ1) is 18.9. The number of ether oxygens (including phenoxy) is 2. The number of rotatable bonds is 10. The Hall–Kier alpha value is -3.77. The molecule has 0 aliphatic carbocycles. The van der Waals surface area contributed by atoms with Gasteiger partial charge in [-0.1, -0.05) is 6.92 Å². The molecule has 4 heterocycles. The standard InChI is InChI=1S/C28H36N6O5S/c1-6-38-12-13-39-27-19(3)14-20(16-31-27)22-10-9-21(25(32-22)34-17-18(2)15-28(34,4)5)26(35)33-40(36,37)23-8-7-11-30-24(23)29/h7-11,14,16,18H,6,12-13,15,17H2,1-5H3,(H2,29,30)(H,33,35)/t18-/m0/s1. The Balaban J connectivity index is 1.70. The number of pyridine rings is 3. The average Bonchev–Trinajstić information content (AvgIpc) is 3.18. The molecule has 0 unspecified atom stereocenters. The van der Waals surface area contributed by atoms with Crippen LogP contribution in [0.2, 0.25) is 0 Å². The van der Waals surface area contributed by atoms with E-state index in [4.69, 9.17) is 20.2 Å². The van der Waals surface area contributed by atoms with Gasteiger partial charge in [-0.15, -0.1) is 0 Å². The Kier molecular flexibility index (Phi) is 8.59. The number of aromatic nitrogens is 3. The Bertz CT molecular complexity index is 1490. The van der Waals surface area contributed by atoms with Gasteiger partial charge < -0.3 is 20.1 Å². The summed E-state index contributed by atoms with van der Waals surface area (Å²) < 4.78 is 39.2. The number of sulfonamides is 1. The molecule has 1 amide bonds. The molecule has 3 aromatic heterocycles. The zero-order valence-corrected chi connectivity index (χ0v) is 24.3. The lowest BCUT2D eigenvalue weighted by Crippen LogP contribution is -2.41. The number of anilines is 2. The zero-order chi connectivity index (χ0) is 29.1. The number of carbonyl (C=O) groups is 1. The second kappa shape index (κ2) is 11.8. The van der Waals surface area contributed by atoms with Crippen molar-refractivity contribution < 1.29 is 22.7 Å². The van der Waals surface area contributed by atoms with Crippen LogP contribution in [0.4, 0.5) is 11.6 Å². The molecule has 1 aliphatic rings. The Morgan fingerprint density at radius 1 is 1.23 bits per heavy atom. The fraction of sp³-hybridized carbons (Fsp3) is 0.429. The minimum atomic E-state index is -4.27. The van der Waals surface area contributed by atoms with Gasteiger partial charge in [0.1, 0.15) is 23.1 Å². The van der Waals surface area contributed by atoms with Gasteiger partial charge in [0.05, 0.1) is 17.9 Å². The molecule has 1 atom stereocenters. The first-order valence-corrected chi connectivity index (χ1v) is 14.6. The highest BCUT2D eigenvalue weighted by molar-refractivity contribution is 7.90. The molecule has 214 valence electrons. The van der Waals surface area contributed by atoms with Gasteiger partial charge in [-0.2, -0.15) is 0 Å². The van der Waals surface area contributed by atoms with Crippen molar-refractivity contribution in [1.82, 2.24) is 19.7 Å². The van der Waals surface area contributed by atoms with Gasteiger partial charge in [-0.05, 0) is 70.4 Å². The van der Waals surface area contributed by atoms with Gasteiger partial charge in [-0.25, -0.2) is 28.1 Å². The highest BCUT2D eigenvalue weighted by atomic mass is 32.2. The van der Waals surface area contributed by atoms with Crippen LogP contribution in [0.25, 0.3) is 11.3 Å². The molecule has 40 heavy (non-hydrogen) atoms. The normalized spacial score (nSPS) is 16.6. The van der Waals surface area contributed by atoms with E-state index in [1.807, 2.05) is 19.9 Å². The van der Waals surface area contributed by atoms with Gasteiger partial charge in [0.2, 0.25) is 5.88 Å². The van der Waals surface area contributed by atoms with E-state index in [1.165, 1.54) is 18.3 Å². The SMILES string of the molecule is CCOCCOc1ncc(-c2ccc(C(=O)NS(=O)(=O)c3cccnc3N)c(N3C[C@@H](C)CC3(C)C)n2)cc1C. The summed E-state index contributed by atoms with van der Waals surface area (Å²) >= 11 is 0. The number of nitrogens with two attached hydrogens (primary N) is 1. The summed E-state index contributed by atoms with van der Waals surface area (Å²) in [4.78, 5) is 28.4. The maximum absolute atomic E-state index is 13.5. The largest absolute Gasteiger partial charge is 0.475 e. The minimum Gasteiger partial charge on any atom is -0.475 e. The van der Waals surface area contributed by atoms with Crippen LogP contribution < -0.4 is 20.1 Å². The predicted octanol–water partition coefficient (Wildman–Crippen LogP) is 3.59. The average molecular weight is 569 g/mol. The fourth-order valence-electron chi connectivity index (χ4n) is 5.01. The molecular formula is C28H36N6O5S. The van der Waals surface area contributed by atoms with E-state index in [0.29, 0.717) is 49.7 Å². The van der Waals surface area contributed by atoms with E-state index in [1.54, 1.807) is 18.3 Å². The van der Waals surface area contributed by atoms with Crippen molar-refractivity contribution in [2.45, 2.75) is 51.5 Å². The van der Waals surface area contributed by atoms with Crippen molar-refractivity contribution in [3.8, 4) is 17.1 Å². The molecule has 1 fully saturated rings. The Morgan fingerprint density at radius 3 is 2.65 bits per heavy atom. The summed E-state index contributed by atoms with van der Waals surface area (Å²) in [6.45, 7) is 12.3. The summed E-state index contributed by atoms with van der Waals surface area (Å²) in [5.41, 5.74) is 7.76. The van der Waals surface area contributed by atoms with Crippen molar-refractivity contribution in [1.29, 1.82) is 0 Å². The van der Waals surface area contributed by atoms with Crippen LogP contribution in [-0.2, 0) is 14.8 Å². The topological polar surface area (TPSA) is 150 Å². The van der Waals surface area contributed by atoms with Crippen molar-refractivity contribution in [2.24, 2.45) is 5.92 Å². The van der Waals surface area contributed by atoms with Crippen LogP contribution in [0, 0.1) is 12.8 Å². The molecule has 0 aromatic carbocycles. The predicted molar refractivity (Wildman–Crippen MR) is 153 cm³/mol. The third-order valence-corrected chi connectivity index (χ3v) is 8.14. The smallest absolute Gasteiger partial charge is 0.268 e. The first-order valence-electron chi connectivity index (χ1n) is 13.2. The van der Waals surface area contributed by atoms with Crippen LogP contribution in [0.1, 0.15) is 50.0 Å². The maximum atomic E-state index is 13.5. The van der Waals surface area contributed by atoms with E-state index in [0.717, 1.165) is 17.5 Å². The van der Waals surface area contributed by atoms with Gasteiger partial charge in [0.15, 0.2) is 0 Å². The molecule has 0 saturated carbocycles. The zero-order valence-electron chi connectivity index (χ0n) is 23.5. The van der Waals surface area contributed by atoms with Crippen LogP contribution >= 0.6 is 0 Å². The third kappa shape index (κ3) is 6.34. The van der Waals surface area contributed by atoms with Crippen molar-refractivity contribution in [3.05, 3.63) is 53.9 Å². The summed E-state index contributed by atoms with van der Waals surface area (Å²) in [5, 5.41) is 0. The lowest BCUT2D eigenvalue weighted by atomic mass is 9.97. The van der Waals surface area contributed by atoms with Gasteiger partial charge in [-0.3, -0.25) is 4.79 Å². The van der Waals surface area contributed by atoms with Crippen molar-refractivity contribution in [3.63, 3.8) is 0 Å². The molecular weight excluding hydrogens is 532 g/mol. The molecule has 4 rings (SSSR count). The molecule has 12 heteroatoms. The number of hydrogen-bond donors (Lipinski definition) is 2. The number of carbonyl (C=O) groups excluding carboxylic acids is 1. The maximum Gasteiger partial charge on any atom is 0.268 e. The lowest BCUT2D eigenvalue weighted by molar-refractivity contribution is 0.0981. The molecule has 0 radical (unpaired) electrons. The lowest BCUT2D eigenvalue weighted by Gasteiger charge is -2.34. The quantitative estimate of drug-likeness (QED) is 0.347. The van der Waals surface area contributed by atoms with Gasteiger partial charge in [0, 0.05) is 42.2 Å². The van der Waals surface area contributed by atoms with Gasteiger partial charge in [0.25, 0.3) is 15.9 Å². The molecule has 1 aliphatic heterocycles. The van der Waals surface area contributed by atoms with E-state index in [9.17, 15) is 13.2 Å². The van der Waals surface area contributed by atoms with Gasteiger partial charge >= 0.3 is 0 Å². The Labute approximate surface area is 235 Å². The van der Waals surface area contributed by atoms with E-state index in [2.05, 4.69) is 40.4 Å². The number of aryl methyl sites for hydroxylation is 1. The summed E-state index contributed by atoms with van der Waals surface area (Å²) in [5.74, 6) is 0.258. The monoisotopic (exact) mass is 568 g/mol. The summed E-state index contributed by atoms with van der Waals surface area (Å²) in [6.07, 6.45) is 3.94. The number of hydrogen-bond acceptors (Lipinski definition) is 10. The highest BCUT2D eigenvalue weighted by Gasteiger charge is 2.39. The molecule has 1 saturated heterocycles. The van der Waals surface area contributed by atoms with E-state index < -0.39 is 15.9 Å². The second-order valence-electron chi connectivity index (χ2n) is 10.5. The summed E-state index contributed by atoms with van der Waals surface area (Å²) in [6, 6.07) is 7.93. The number of amides is 1. The van der Waals surface area contributed by atoms with Crippen LogP contribution in [0.5, 0.6) is 5.88 Å². The highest BCUT2D eigenvalue weighted by Crippen LogP contribution is 2.38. The Morgan fingerprint density at radius 2 is 2.00 bits per heavy atom. The van der Waals surface area contributed by atoms with Crippen LogP contribution in [0.3, 0.4) is 0 Å². The molecule has 3 N–H and O–H groups in total. The van der Waals surface area contributed by atoms with Crippen molar-refractivity contribution >= 4 is 27.6 Å². The van der Waals surface area contributed by atoms with E-state index >= 15 is 0 Å². The van der Waals surface area contributed by atoms with E-state index in [-0.39, 0.29) is 21.8 Å².